The number of nitrogens with one attached hydrogen (secondary N) is 1. The number of hydrogen-bond acceptors (Lipinski definition) is 2. The van der Waals surface area contributed by atoms with Crippen molar-refractivity contribution in [1.29, 1.82) is 0 Å². The molecule has 3 nitrogen and oxygen atoms in total. The summed E-state index contributed by atoms with van der Waals surface area (Å²) in [4.78, 5) is 14.0. The summed E-state index contributed by atoms with van der Waals surface area (Å²) in [5, 5.41) is 2.83. The van der Waals surface area contributed by atoms with Crippen LogP contribution in [-0.2, 0) is 4.79 Å². The van der Waals surface area contributed by atoms with Gasteiger partial charge in [-0.25, -0.2) is 4.39 Å². The Kier molecular flexibility index (Phi) is 2.09. The third kappa shape index (κ3) is 1.15. The normalized spacial score (nSPS) is 30.7. The second-order valence-corrected chi connectivity index (χ2v) is 5.07. The van der Waals surface area contributed by atoms with Gasteiger partial charge in [-0.1, -0.05) is 6.58 Å². The Bertz CT molecular complexity index is 570. The first kappa shape index (κ1) is 11.3. The van der Waals surface area contributed by atoms with Crippen LogP contribution < -0.4 is 5.32 Å². The average molecular weight is 246 g/mol. The highest BCUT2D eigenvalue weighted by atomic mass is 19.1. The minimum absolute atomic E-state index is 0.0801. The van der Waals surface area contributed by atoms with E-state index in [1.165, 1.54) is 12.2 Å². The van der Waals surface area contributed by atoms with E-state index in [9.17, 15) is 9.18 Å². The lowest BCUT2D eigenvalue weighted by Gasteiger charge is -2.43. The van der Waals surface area contributed by atoms with Crippen molar-refractivity contribution < 1.29 is 9.18 Å². The second kappa shape index (κ2) is 3.34. The molecule has 0 aromatic rings. The number of rotatable bonds is 0. The molecule has 3 aliphatic rings. The number of nitrogens with zero attached hydrogens (tertiary/aromatic N) is 1. The van der Waals surface area contributed by atoms with Crippen LogP contribution in [0.3, 0.4) is 0 Å². The Balaban J connectivity index is 2.23. The Morgan fingerprint density at radius 3 is 2.94 bits per heavy atom. The van der Waals surface area contributed by atoms with Crippen LogP contribution in [-0.4, -0.2) is 29.4 Å². The maximum atomic E-state index is 13.6. The molecule has 18 heavy (non-hydrogen) atoms. The first-order valence-corrected chi connectivity index (χ1v) is 6.02. The highest BCUT2D eigenvalue weighted by molar-refractivity contribution is 5.97. The van der Waals surface area contributed by atoms with Gasteiger partial charge in [0, 0.05) is 13.1 Å². The molecule has 1 N–H and O–H groups in total. The number of halogens is 1. The lowest BCUT2D eigenvalue weighted by molar-refractivity contribution is -0.120. The van der Waals surface area contributed by atoms with Gasteiger partial charge in [0.1, 0.15) is 11.5 Å². The topological polar surface area (TPSA) is 32.3 Å². The fourth-order valence-electron chi connectivity index (χ4n) is 3.14. The van der Waals surface area contributed by atoms with Crippen LogP contribution >= 0.6 is 0 Å². The zero-order chi connectivity index (χ0) is 13.1. The van der Waals surface area contributed by atoms with Crippen LogP contribution in [0.5, 0.6) is 0 Å². The molecule has 0 aromatic heterocycles. The maximum Gasteiger partial charge on any atom is 0.267 e. The standard InChI is InChI=1S/C14H15FN2O/c1-8-6-10(15)7-11-9(2)12-13(18)16-4-5-17(12)14(8,11)3/h6-7H,1,4-5H2,2-3H3,(H,16,18). The van der Waals surface area contributed by atoms with Crippen molar-refractivity contribution in [3.63, 3.8) is 0 Å². The van der Waals surface area contributed by atoms with Crippen LogP contribution in [0.1, 0.15) is 13.8 Å². The van der Waals surface area contributed by atoms with E-state index in [1.54, 1.807) is 0 Å². The molecule has 2 heterocycles. The first-order valence-electron chi connectivity index (χ1n) is 6.02. The molecular formula is C14H15FN2O. The number of fused-ring (bicyclic) bond motifs is 3. The molecule has 4 heteroatoms. The van der Waals surface area contributed by atoms with E-state index < -0.39 is 5.54 Å². The molecule has 0 saturated carbocycles. The van der Waals surface area contributed by atoms with Crippen molar-refractivity contribution in [3.05, 3.63) is 47.0 Å². The van der Waals surface area contributed by atoms with Gasteiger partial charge < -0.3 is 10.2 Å². The second-order valence-electron chi connectivity index (χ2n) is 5.07. The van der Waals surface area contributed by atoms with E-state index >= 15 is 0 Å². The minimum atomic E-state index is -0.479. The maximum absolute atomic E-state index is 13.6. The summed E-state index contributed by atoms with van der Waals surface area (Å²) in [6, 6.07) is 0. The fraction of sp³-hybridized carbons (Fsp3) is 0.357. The lowest BCUT2D eigenvalue weighted by Crippen LogP contribution is -2.53. The number of carbonyl (C=O) groups is 1. The van der Waals surface area contributed by atoms with E-state index in [0.29, 0.717) is 17.8 Å². The number of amides is 1. The highest BCUT2D eigenvalue weighted by Gasteiger charge is 2.50. The molecule has 1 atom stereocenters. The number of hydrogen-bond donors (Lipinski definition) is 1. The van der Waals surface area contributed by atoms with Gasteiger partial charge in [-0.2, -0.15) is 0 Å². The van der Waals surface area contributed by atoms with Crippen molar-refractivity contribution in [2.75, 3.05) is 13.1 Å². The van der Waals surface area contributed by atoms with E-state index in [0.717, 1.165) is 17.7 Å². The van der Waals surface area contributed by atoms with Crippen molar-refractivity contribution in [1.82, 2.24) is 10.2 Å². The Labute approximate surface area is 105 Å². The van der Waals surface area contributed by atoms with Crippen LogP contribution in [0.2, 0.25) is 0 Å². The molecule has 3 rings (SSSR count). The van der Waals surface area contributed by atoms with Gasteiger partial charge in [0.2, 0.25) is 0 Å². The zero-order valence-corrected chi connectivity index (χ0v) is 10.5. The summed E-state index contributed by atoms with van der Waals surface area (Å²) in [7, 11) is 0. The van der Waals surface area contributed by atoms with Gasteiger partial charge in [-0.05, 0) is 42.7 Å². The molecule has 2 aliphatic heterocycles. The van der Waals surface area contributed by atoms with Gasteiger partial charge in [-0.15, -0.1) is 0 Å². The quantitative estimate of drug-likeness (QED) is 0.707. The lowest BCUT2D eigenvalue weighted by atomic mass is 9.79. The Hall–Kier alpha value is -1.84. The molecule has 0 bridgehead atoms. The van der Waals surface area contributed by atoms with Gasteiger partial charge >= 0.3 is 0 Å². The van der Waals surface area contributed by atoms with E-state index in [4.69, 9.17) is 0 Å². The Morgan fingerprint density at radius 1 is 1.50 bits per heavy atom. The molecule has 0 aromatic carbocycles. The SMILES string of the molecule is C=C1C=C(F)C=C2C(C)=C3C(=O)NCCN3C12C. The number of carbonyl (C=O) groups excluding carboxylic acids is 1. The van der Waals surface area contributed by atoms with E-state index in [1.807, 2.05) is 18.7 Å². The summed E-state index contributed by atoms with van der Waals surface area (Å²) >= 11 is 0. The molecular weight excluding hydrogens is 231 g/mol. The van der Waals surface area contributed by atoms with Gasteiger partial charge in [0.25, 0.3) is 5.91 Å². The summed E-state index contributed by atoms with van der Waals surface area (Å²) in [5.74, 6) is -0.379. The smallest absolute Gasteiger partial charge is 0.267 e. The molecule has 0 spiro atoms. The Morgan fingerprint density at radius 2 is 2.22 bits per heavy atom. The zero-order valence-electron chi connectivity index (χ0n) is 10.5. The molecule has 1 saturated heterocycles. The van der Waals surface area contributed by atoms with Crippen LogP contribution in [0, 0.1) is 0 Å². The molecule has 1 amide bonds. The van der Waals surface area contributed by atoms with Crippen molar-refractivity contribution in [2.45, 2.75) is 19.4 Å². The van der Waals surface area contributed by atoms with E-state index in [-0.39, 0.29) is 11.7 Å². The van der Waals surface area contributed by atoms with Gasteiger partial charge in [0.05, 0.1) is 5.54 Å². The molecule has 94 valence electrons. The highest BCUT2D eigenvalue weighted by Crippen LogP contribution is 2.49. The largest absolute Gasteiger partial charge is 0.352 e. The van der Waals surface area contributed by atoms with E-state index in [2.05, 4.69) is 11.9 Å². The predicted octanol–water partition coefficient (Wildman–Crippen LogP) is 1.81. The van der Waals surface area contributed by atoms with Gasteiger partial charge in [0.15, 0.2) is 0 Å². The van der Waals surface area contributed by atoms with Crippen molar-refractivity contribution in [2.24, 2.45) is 0 Å². The van der Waals surface area contributed by atoms with Crippen LogP contribution in [0.4, 0.5) is 4.39 Å². The third-order valence-electron chi connectivity index (χ3n) is 4.15. The fourth-order valence-corrected chi connectivity index (χ4v) is 3.14. The summed E-state index contributed by atoms with van der Waals surface area (Å²) in [6.45, 7) is 9.17. The van der Waals surface area contributed by atoms with Crippen molar-refractivity contribution >= 4 is 5.91 Å². The average Bonchev–Trinajstić information content (AvgIpc) is 2.53. The van der Waals surface area contributed by atoms with Crippen molar-refractivity contribution in [3.8, 4) is 0 Å². The molecule has 1 fully saturated rings. The number of allylic oxidation sites excluding steroid dienone is 2. The van der Waals surface area contributed by atoms with Crippen LogP contribution in [0.15, 0.2) is 47.0 Å². The monoisotopic (exact) mass is 246 g/mol. The predicted molar refractivity (Wildman–Crippen MR) is 67.2 cm³/mol. The molecule has 1 aliphatic carbocycles. The summed E-state index contributed by atoms with van der Waals surface area (Å²) in [6.07, 6.45) is 2.97. The minimum Gasteiger partial charge on any atom is -0.352 e. The number of piperazine rings is 1. The third-order valence-corrected chi connectivity index (χ3v) is 4.15. The molecule has 0 radical (unpaired) electrons. The first-order chi connectivity index (χ1) is 8.46. The summed E-state index contributed by atoms with van der Waals surface area (Å²) < 4.78 is 13.6. The molecule has 1 unspecified atom stereocenters. The van der Waals surface area contributed by atoms with Crippen LogP contribution in [0.25, 0.3) is 0 Å². The summed E-state index contributed by atoms with van der Waals surface area (Å²) in [5.41, 5.74) is 2.56. The van der Waals surface area contributed by atoms with Gasteiger partial charge in [-0.3, -0.25) is 4.79 Å².